The molecule has 0 atom stereocenters. The molecule has 14 heteroatoms. The van der Waals surface area contributed by atoms with Gasteiger partial charge in [0.2, 0.25) is 11.5 Å². The van der Waals surface area contributed by atoms with Crippen LogP contribution in [-0.4, -0.2) is 73.8 Å². The van der Waals surface area contributed by atoms with Crippen molar-refractivity contribution in [2.24, 2.45) is 0 Å². The van der Waals surface area contributed by atoms with Gasteiger partial charge < -0.3 is 60.5 Å². The van der Waals surface area contributed by atoms with Gasteiger partial charge in [-0.25, -0.2) is 0 Å². The lowest BCUT2D eigenvalue weighted by Gasteiger charge is -2.31. The molecule has 0 radical (unpaired) electrons. The first-order valence-electron chi connectivity index (χ1n) is 16.6. The number of rotatable bonds is 8. The predicted octanol–water partition coefficient (Wildman–Crippen LogP) is 6.49. The van der Waals surface area contributed by atoms with Crippen molar-refractivity contribution in [1.82, 2.24) is 0 Å². The van der Waals surface area contributed by atoms with E-state index < -0.39 is 97.8 Å². The molecule has 2 aliphatic heterocycles. The Hall–Kier alpha value is -7.22. The number of hydrogen-bond donors (Lipinski definition) is 10. The molecule has 2 aliphatic rings. The molecule has 0 spiro atoms. The Balaban J connectivity index is 1.51. The molecule has 55 heavy (non-hydrogen) atoms. The summed E-state index contributed by atoms with van der Waals surface area (Å²) in [7, 11) is 0. The highest BCUT2D eigenvalue weighted by molar-refractivity contribution is 6.13. The smallest absolute Gasteiger partial charge is 0.200 e. The second-order valence-corrected chi connectivity index (χ2v) is 14.0. The fraction of sp³-hybridized carbons (Fsp3) is 0.171. The van der Waals surface area contributed by atoms with E-state index in [1.807, 2.05) is 0 Å². The topological polar surface area (TPSA) is 255 Å². The molecule has 0 saturated carbocycles. The number of carbonyl (C=O) groups is 2. The molecule has 0 saturated heterocycles. The van der Waals surface area contributed by atoms with Gasteiger partial charge >= 0.3 is 0 Å². The van der Waals surface area contributed by atoms with Gasteiger partial charge in [0.05, 0.1) is 11.1 Å². The molecule has 4 aromatic carbocycles. The van der Waals surface area contributed by atoms with Crippen LogP contribution in [0.4, 0.5) is 0 Å². The van der Waals surface area contributed by atoms with Crippen LogP contribution in [0.25, 0.3) is 24.3 Å². The predicted molar refractivity (Wildman–Crippen MR) is 199 cm³/mol. The monoisotopic (exact) mass is 752 g/mol. The molecule has 0 aliphatic carbocycles. The summed E-state index contributed by atoms with van der Waals surface area (Å²) in [5.41, 5.74) is -3.85. The number of ketones is 2. The first-order valence-corrected chi connectivity index (χ1v) is 16.6. The second-order valence-electron chi connectivity index (χ2n) is 14.0. The number of allylic oxidation sites excluding steroid dienone is 2. The zero-order valence-electron chi connectivity index (χ0n) is 29.7. The molecule has 6 rings (SSSR count). The van der Waals surface area contributed by atoms with Gasteiger partial charge in [0.15, 0.2) is 34.6 Å². The Morgan fingerprint density at radius 2 is 0.891 bits per heavy atom. The average Bonchev–Trinajstić information content (AvgIpc) is 3.11. The van der Waals surface area contributed by atoms with Crippen molar-refractivity contribution in [3.63, 3.8) is 0 Å². The molecule has 0 unspecified atom stereocenters. The molecule has 0 fully saturated rings. The molecule has 4 aromatic rings. The number of ether oxygens (including phenoxy) is 2. The first-order chi connectivity index (χ1) is 25.7. The van der Waals surface area contributed by atoms with E-state index >= 15 is 0 Å². The van der Waals surface area contributed by atoms with Gasteiger partial charge in [0.25, 0.3) is 0 Å². The summed E-state index contributed by atoms with van der Waals surface area (Å²) >= 11 is 0. The normalized spacial score (nSPS) is 15.1. The third-order valence-electron chi connectivity index (χ3n) is 9.10. The Morgan fingerprint density at radius 3 is 1.25 bits per heavy atom. The van der Waals surface area contributed by atoms with E-state index in [0.29, 0.717) is 0 Å². The van der Waals surface area contributed by atoms with E-state index in [9.17, 15) is 60.7 Å². The number of phenols is 10. The molecular weight excluding hydrogens is 716 g/mol. The van der Waals surface area contributed by atoms with E-state index in [2.05, 4.69) is 0 Å². The molecule has 0 amide bonds. The SMILES string of the molecule is CC1(C)C=Cc2c(O)c(Cc3c(O)c4c(c(C(=O)/C=C/c5ccc(O)c(O)c5O)c3O)OC(C)(C)C=C4)c(O)c(C(=O)/C=C/c3ccc(O)c(O)c3O)c2O1. The van der Waals surface area contributed by atoms with Crippen LogP contribution in [0.2, 0.25) is 0 Å². The van der Waals surface area contributed by atoms with Crippen LogP contribution in [0.3, 0.4) is 0 Å². The Bertz CT molecular complexity index is 2280. The Kier molecular flexibility index (Phi) is 9.09. The molecule has 0 bridgehead atoms. The fourth-order valence-corrected chi connectivity index (χ4v) is 6.14. The summed E-state index contributed by atoms with van der Waals surface area (Å²) in [6.45, 7) is 6.65. The molecule has 2 heterocycles. The van der Waals surface area contributed by atoms with E-state index in [1.165, 1.54) is 24.3 Å². The quantitative estimate of drug-likeness (QED) is 0.0524. The minimum absolute atomic E-state index is 0.0351. The number of fused-ring (bicyclic) bond motifs is 2. The summed E-state index contributed by atoms with van der Waals surface area (Å²) in [6, 6.07) is 4.62. The van der Waals surface area contributed by atoms with Crippen LogP contribution < -0.4 is 9.47 Å². The van der Waals surface area contributed by atoms with Crippen molar-refractivity contribution < 1.29 is 70.1 Å². The van der Waals surface area contributed by atoms with E-state index in [1.54, 1.807) is 39.8 Å². The highest BCUT2D eigenvalue weighted by Crippen LogP contribution is 2.52. The van der Waals surface area contributed by atoms with Crippen molar-refractivity contribution in [2.75, 3.05) is 0 Å². The maximum Gasteiger partial charge on any atom is 0.200 e. The third kappa shape index (κ3) is 6.65. The zero-order valence-corrected chi connectivity index (χ0v) is 29.7. The Morgan fingerprint density at radius 1 is 0.527 bits per heavy atom. The van der Waals surface area contributed by atoms with Crippen molar-refractivity contribution in [2.45, 2.75) is 45.3 Å². The lowest BCUT2D eigenvalue weighted by molar-refractivity contribution is 0.102. The summed E-state index contributed by atoms with van der Waals surface area (Å²) in [5, 5.41) is 106. The minimum Gasteiger partial charge on any atom is -0.507 e. The van der Waals surface area contributed by atoms with Crippen LogP contribution in [0.15, 0.2) is 48.6 Å². The number of phenolic OH excluding ortho intramolecular Hbond substituents is 10. The number of hydrogen-bond acceptors (Lipinski definition) is 14. The van der Waals surface area contributed by atoms with E-state index in [4.69, 9.17) is 9.47 Å². The van der Waals surface area contributed by atoms with Gasteiger partial charge in [0, 0.05) is 28.7 Å². The maximum atomic E-state index is 13.8. The van der Waals surface area contributed by atoms with Gasteiger partial charge in [-0.1, -0.05) is 0 Å². The van der Waals surface area contributed by atoms with Crippen LogP contribution in [0.1, 0.15) is 81.8 Å². The molecular formula is C41H36O14. The van der Waals surface area contributed by atoms with Gasteiger partial charge in [-0.05, 0) is 101 Å². The zero-order chi connectivity index (χ0) is 40.3. The molecule has 14 nitrogen and oxygen atoms in total. The van der Waals surface area contributed by atoms with Crippen molar-refractivity contribution in [1.29, 1.82) is 0 Å². The van der Waals surface area contributed by atoms with E-state index in [-0.39, 0.29) is 44.9 Å². The summed E-state index contributed by atoms with van der Waals surface area (Å²) in [6.07, 6.45) is 9.54. The van der Waals surface area contributed by atoms with E-state index in [0.717, 1.165) is 36.4 Å². The largest absolute Gasteiger partial charge is 0.507 e. The van der Waals surface area contributed by atoms with Gasteiger partial charge in [-0.15, -0.1) is 0 Å². The maximum absolute atomic E-state index is 13.8. The van der Waals surface area contributed by atoms with Crippen LogP contribution in [0.5, 0.6) is 69.0 Å². The van der Waals surface area contributed by atoms with Gasteiger partial charge in [0.1, 0.15) is 56.8 Å². The number of aromatic hydroxyl groups is 10. The lowest BCUT2D eigenvalue weighted by Crippen LogP contribution is -2.29. The highest BCUT2D eigenvalue weighted by Gasteiger charge is 2.36. The third-order valence-corrected chi connectivity index (χ3v) is 9.10. The van der Waals surface area contributed by atoms with Gasteiger partial charge in [-0.2, -0.15) is 0 Å². The van der Waals surface area contributed by atoms with Crippen molar-refractivity contribution >= 4 is 35.9 Å². The Labute approximate surface area is 313 Å². The molecule has 0 aromatic heterocycles. The first kappa shape index (κ1) is 37.5. The van der Waals surface area contributed by atoms with Gasteiger partial charge in [-0.3, -0.25) is 9.59 Å². The summed E-state index contributed by atoms with van der Waals surface area (Å²) in [4.78, 5) is 27.7. The van der Waals surface area contributed by atoms with Crippen molar-refractivity contribution in [3.8, 4) is 69.0 Å². The van der Waals surface area contributed by atoms with Crippen LogP contribution in [-0.2, 0) is 6.42 Å². The number of benzene rings is 4. The minimum atomic E-state index is -1.01. The summed E-state index contributed by atoms with van der Waals surface area (Å²) < 4.78 is 12.0. The fourth-order valence-electron chi connectivity index (χ4n) is 6.14. The molecule has 10 N–H and O–H groups in total. The molecule has 284 valence electrons. The van der Waals surface area contributed by atoms with Crippen LogP contribution >= 0.6 is 0 Å². The summed E-state index contributed by atoms with van der Waals surface area (Å²) in [5.74, 6) is -9.28. The standard InChI is InChI=1S/C41H36O14/c1-40(2)15-13-20-32(48)22(34(50)28(38(20)54-40)24(42)9-5-18-7-11-26(44)36(52)30(18)46)17-23-33(49)21-14-16-41(3,4)55-39(21)29(35(23)51)25(43)10-6-19-8-12-27(45)37(53)31(19)47/h5-16,44-53H,17H2,1-4H3/b9-5+,10-6+. The van der Waals surface area contributed by atoms with Crippen LogP contribution in [0, 0.1) is 0 Å². The van der Waals surface area contributed by atoms with Crippen molar-refractivity contribution in [3.05, 3.63) is 93.1 Å². The lowest BCUT2D eigenvalue weighted by atomic mass is 9.87. The highest BCUT2D eigenvalue weighted by atomic mass is 16.5. The average molecular weight is 753 g/mol. The number of carbonyl (C=O) groups excluding carboxylic acids is 2. The second kappa shape index (κ2) is 13.3.